The first kappa shape index (κ1) is 24.3. The molecule has 0 radical (unpaired) electrons. The highest BCUT2D eigenvalue weighted by Gasteiger charge is 2.28. The monoisotopic (exact) mass is 497 g/mol. The highest BCUT2D eigenvalue weighted by atomic mass is 32.2. The van der Waals surface area contributed by atoms with Crippen LogP contribution in [0, 0.1) is 12.8 Å². The van der Waals surface area contributed by atoms with E-state index in [1.807, 2.05) is 28.5 Å². The normalized spacial score (nSPS) is 15.1. The van der Waals surface area contributed by atoms with Crippen molar-refractivity contribution in [2.24, 2.45) is 5.92 Å². The van der Waals surface area contributed by atoms with Crippen LogP contribution in [-0.2, 0) is 11.2 Å². The van der Waals surface area contributed by atoms with Crippen LogP contribution in [0.2, 0.25) is 0 Å². The standard InChI is InChI=1S/C29H31N5OS/c1-21-8-10-26(11-9-21)34-27(25-12-16-30-17-13-25)31-32-29(34)36-22(2)28(35)33-18-14-24(15-19-33)20-23-6-4-3-5-7-23/h3-13,16-17,22,24H,14-15,18-20H2,1-2H3/t22-/m0/s1. The summed E-state index contributed by atoms with van der Waals surface area (Å²) in [5.74, 6) is 1.54. The lowest BCUT2D eigenvalue weighted by Crippen LogP contribution is -2.42. The average molecular weight is 498 g/mol. The van der Waals surface area contributed by atoms with E-state index in [2.05, 4.69) is 76.7 Å². The Morgan fingerprint density at radius 3 is 2.36 bits per heavy atom. The molecule has 36 heavy (non-hydrogen) atoms. The second-order valence-electron chi connectivity index (χ2n) is 9.43. The van der Waals surface area contributed by atoms with Crippen molar-refractivity contribution in [3.05, 3.63) is 90.3 Å². The molecule has 0 bridgehead atoms. The molecule has 1 fully saturated rings. The zero-order chi connectivity index (χ0) is 24.9. The van der Waals surface area contributed by atoms with E-state index < -0.39 is 0 Å². The number of benzene rings is 2. The summed E-state index contributed by atoms with van der Waals surface area (Å²) < 4.78 is 2.04. The number of hydrogen-bond donors (Lipinski definition) is 0. The van der Waals surface area contributed by atoms with Gasteiger partial charge in [0.25, 0.3) is 0 Å². The fourth-order valence-electron chi connectivity index (χ4n) is 4.73. The van der Waals surface area contributed by atoms with Gasteiger partial charge in [-0.3, -0.25) is 14.3 Å². The molecule has 0 unspecified atom stereocenters. The lowest BCUT2D eigenvalue weighted by Gasteiger charge is -2.33. The van der Waals surface area contributed by atoms with Crippen molar-refractivity contribution >= 4 is 17.7 Å². The van der Waals surface area contributed by atoms with Gasteiger partial charge in [0.2, 0.25) is 5.91 Å². The number of nitrogens with zero attached hydrogens (tertiary/aromatic N) is 5. The third kappa shape index (κ3) is 5.51. The number of rotatable bonds is 7. The molecule has 4 aromatic rings. The number of amides is 1. The van der Waals surface area contributed by atoms with Crippen LogP contribution in [0.1, 0.15) is 30.9 Å². The molecule has 1 atom stereocenters. The van der Waals surface area contributed by atoms with Crippen molar-refractivity contribution in [2.75, 3.05) is 13.1 Å². The minimum absolute atomic E-state index is 0.169. The summed E-state index contributed by atoms with van der Waals surface area (Å²) in [6, 6.07) is 22.8. The number of piperidine rings is 1. The maximum Gasteiger partial charge on any atom is 0.235 e. The molecule has 1 saturated heterocycles. The zero-order valence-corrected chi connectivity index (χ0v) is 21.6. The lowest BCUT2D eigenvalue weighted by molar-refractivity contribution is -0.131. The molecule has 3 heterocycles. The summed E-state index contributed by atoms with van der Waals surface area (Å²) in [5, 5.41) is 9.46. The quantitative estimate of drug-likeness (QED) is 0.311. The number of carbonyl (C=O) groups is 1. The van der Waals surface area contributed by atoms with Crippen molar-refractivity contribution < 1.29 is 4.79 Å². The minimum atomic E-state index is -0.255. The lowest BCUT2D eigenvalue weighted by atomic mass is 9.90. The van der Waals surface area contributed by atoms with Crippen LogP contribution in [0.4, 0.5) is 0 Å². The van der Waals surface area contributed by atoms with Gasteiger partial charge in [0.1, 0.15) is 0 Å². The molecule has 1 aliphatic heterocycles. The Hall–Kier alpha value is -3.45. The van der Waals surface area contributed by atoms with Crippen LogP contribution in [0.3, 0.4) is 0 Å². The number of pyridine rings is 1. The van der Waals surface area contributed by atoms with Crippen LogP contribution >= 0.6 is 11.8 Å². The van der Waals surface area contributed by atoms with Crippen LogP contribution in [0.5, 0.6) is 0 Å². The first-order chi connectivity index (χ1) is 17.6. The summed E-state index contributed by atoms with van der Waals surface area (Å²) in [6.07, 6.45) is 6.69. The van der Waals surface area contributed by atoms with Crippen molar-refractivity contribution in [2.45, 2.75) is 43.5 Å². The van der Waals surface area contributed by atoms with Gasteiger partial charge in [-0.15, -0.1) is 10.2 Å². The second kappa shape index (κ2) is 11.1. The van der Waals surface area contributed by atoms with Crippen LogP contribution < -0.4 is 0 Å². The van der Waals surface area contributed by atoms with E-state index in [1.165, 1.54) is 22.9 Å². The topological polar surface area (TPSA) is 63.9 Å². The summed E-state index contributed by atoms with van der Waals surface area (Å²) in [6.45, 7) is 5.67. The Morgan fingerprint density at radius 1 is 0.972 bits per heavy atom. The van der Waals surface area contributed by atoms with Crippen LogP contribution in [0.15, 0.2) is 84.3 Å². The number of likely N-dealkylation sites (tertiary alicyclic amines) is 1. The average Bonchev–Trinajstić information content (AvgIpc) is 3.33. The van der Waals surface area contributed by atoms with Crippen molar-refractivity contribution in [3.8, 4) is 17.1 Å². The van der Waals surface area contributed by atoms with Gasteiger partial charge in [-0.2, -0.15) is 0 Å². The Bertz CT molecular complexity index is 1280. The van der Waals surface area contributed by atoms with Crippen LogP contribution in [-0.4, -0.2) is 48.9 Å². The Labute approximate surface area is 216 Å². The zero-order valence-electron chi connectivity index (χ0n) is 20.7. The van der Waals surface area contributed by atoms with E-state index in [-0.39, 0.29) is 11.2 Å². The molecule has 2 aromatic heterocycles. The molecule has 1 amide bonds. The van der Waals surface area contributed by atoms with E-state index in [1.54, 1.807) is 12.4 Å². The molecule has 5 rings (SSSR count). The first-order valence-electron chi connectivity index (χ1n) is 12.5. The van der Waals surface area contributed by atoms with E-state index >= 15 is 0 Å². The maximum absolute atomic E-state index is 13.4. The van der Waals surface area contributed by atoms with Crippen molar-refractivity contribution in [1.29, 1.82) is 0 Å². The first-order valence-corrected chi connectivity index (χ1v) is 13.4. The van der Waals surface area contributed by atoms with E-state index in [9.17, 15) is 4.79 Å². The number of thioether (sulfide) groups is 1. The van der Waals surface area contributed by atoms with Crippen molar-refractivity contribution in [3.63, 3.8) is 0 Å². The maximum atomic E-state index is 13.4. The van der Waals surface area contributed by atoms with E-state index in [0.717, 1.165) is 49.4 Å². The van der Waals surface area contributed by atoms with Gasteiger partial charge >= 0.3 is 0 Å². The minimum Gasteiger partial charge on any atom is -0.342 e. The van der Waals surface area contributed by atoms with Crippen molar-refractivity contribution in [1.82, 2.24) is 24.6 Å². The molecule has 0 spiro atoms. The van der Waals surface area contributed by atoms with Gasteiger partial charge in [-0.1, -0.05) is 59.8 Å². The fraction of sp³-hybridized carbons (Fsp3) is 0.310. The molecular formula is C29H31N5OS. The molecule has 0 aliphatic carbocycles. The molecule has 6 nitrogen and oxygen atoms in total. The third-order valence-corrected chi connectivity index (χ3v) is 7.82. The molecule has 0 N–H and O–H groups in total. The second-order valence-corrected chi connectivity index (χ2v) is 10.7. The highest BCUT2D eigenvalue weighted by Crippen LogP contribution is 2.31. The molecule has 1 aliphatic rings. The number of aryl methyl sites for hydroxylation is 1. The predicted octanol–water partition coefficient (Wildman–Crippen LogP) is 5.60. The Morgan fingerprint density at radius 2 is 1.67 bits per heavy atom. The van der Waals surface area contributed by atoms with Gasteiger partial charge in [-0.25, -0.2) is 0 Å². The number of carbonyl (C=O) groups excluding carboxylic acids is 1. The summed E-state index contributed by atoms with van der Waals surface area (Å²) in [7, 11) is 0. The van der Waals surface area contributed by atoms with Gasteiger partial charge in [0.15, 0.2) is 11.0 Å². The highest BCUT2D eigenvalue weighted by molar-refractivity contribution is 8.00. The third-order valence-electron chi connectivity index (χ3n) is 6.79. The van der Waals surface area contributed by atoms with E-state index in [4.69, 9.17) is 0 Å². The fourth-order valence-corrected chi connectivity index (χ4v) is 5.68. The van der Waals surface area contributed by atoms with Gasteiger partial charge in [-0.05, 0) is 68.9 Å². The molecule has 0 saturated carbocycles. The summed E-state index contributed by atoms with van der Waals surface area (Å²) in [4.78, 5) is 19.5. The number of aromatic nitrogens is 4. The smallest absolute Gasteiger partial charge is 0.235 e. The Balaban J connectivity index is 1.29. The summed E-state index contributed by atoms with van der Waals surface area (Å²) >= 11 is 1.47. The molecule has 2 aromatic carbocycles. The van der Waals surface area contributed by atoms with Gasteiger partial charge in [0.05, 0.1) is 5.25 Å². The predicted molar refractivity (Wildman–Crippen MR) is 144 cm³/mol. The largest absolute Gasteiger partial charge is 0.342 e. The van der Waals surface area contributed by atoms with Gasteiger partial charge in [0, 0.05) is 36.7 Å². The van der Waals surface area contributed by atoms with Gasteiger partial charge < -0.3 is 4.90 Å². The van der Waals surface area contributed by atoms with Crippen LogP contribution in [0.25, 0.3) is 17.1 Å². The molecular weight excluding hydrogens is 466 g/mol. The molecule has 7 heteroatoms. The Kier molecular flexibility index (Phi) is 7.47. The molecule has 184 valence electrons. The van der Waals surface area contributed by atoms with E-state index in [0.29, 0.717) is 11.1 Å². The summed E-state index contributed by atoms with van der Waals surface area (Å²) in [5.41, 5.74) is 4.48. The SMILES string of the molecule is Cc1ccc(-n2c(S[C@@H](C)C(=O)N3CCC(Cc4ccccc4)CC3)nnc2-c2ccncc2)cc1. The number of hydrogen-bond acceptors (Lipinski definition) is 5.